The van der Waals surface area contributed by atoms with E-state index < -0.39 is 18.1 Å². The monoisotopic (exact) mass is 201 g/mol. The molecule has 0 bridgehead atoms. The molecule has 1 rings (SSSR count). The summed E-state index contributed by atoms with van der Waals surface area (Å²) in [6.45, 7) is 2.47. The van der Waals surface area contributed by atoms with E-state index in [1.165, 1.54) is 4.90 Å². The van der Waals surface area contributed by atoms with Crippen LogP contribution in [0.4, 0.5) is 4.79 Å². The zero-order valence-electron chi connectivity index (χ0n) is 8.23. The average molecular weight is 201 g/mol. The molecule has 0 aromatic heterocycles. The summed E-state index contributed by atoms with van der Waals surface area (Å²) in [5, 5.41) is 8.88. The highest BCUT2D eigenvalue weighted by Gasteiger charge is 2.32. The molecule has 80 valence electrons. The van der Waals surface area contributed by atoms with Gasteiger partial charge in [0.15, 0.2) is 0 Å². The van der Waals surface area contributed by atoms with Gasteiger partial charge in [0.2, 0.25) is 0 Å². The summed E-state index contributed by atoms with van der Waals surface area (Å²) in [4.78, 5) is 23.5. The highest BCUT2D eigenvalue weighted by molar-refractivity contribution is 5.80. The Kier molecular flexibility index (Phi) is 3.73. The van der Waals surface area contributed by atoms with E-state index in [2.05, 4.69) is 0 Å². The van der Waals surface area contributed by atoms with Crippen molar-refractivity contribution in [3.63, 3.8) is 0 Å². The maximum atomic E-state index is 11.4. The van der Waals surface area contributed by atoms with Crippen LogP contribution in [0.5, 0.6) is 0 Å². The zero-order valence-corrected chi connectivity index (χ0v) is 8.23. The smallest absolute Gasteiger partial charge is 0.410 e. The first-order valence-electron chi connectivity index (χ1n) is 4.83. The lowest BCUT2D eigenvalue weighted by molar-refractivity contribution is -0.143. The Hall–Kier alpha value is -1.26. The third-order valence-corrected chi connectivity index (χ3v) is 2.29. The molecule has 1 N–H and O–H groups in total. The van der Waals surface area contributed by atoms with E-state index in [9.17, 15) is 9.59 Å². The van der Waals surface area contributed by atoms with Crippen molar-refractivity contribution < 1.29 is 19.4 Å². The van der Waals surface area contributed by atoms with Gasteiger partial charge in [-0.1, -0.05) is 0 Å². The number of ether oxygens (including phenoxy) is 1. The second kappa shape index (κ2) is 4.83. The number of carboxylic acid groups (broad SMARTS) is 1. The van der Waals surface area contributed by atoms with Crippen LogP contribution in [0, 0.1) is 0 Å². The highest BCUT2D eigenvalue weighted by atomic mass is 16.6. The fraction of sp³-hybridized carbons (Fsp3) is 0.778. The predicted molar refractivity (Wildman–Crippen MR) is 49.0 cm³/mol. The second-order valence-corrected chi connectivity index (χ2v) is 3.24. The van der Waals surface area contributed by atoms with Gasteiger partial charge in [0.25, 0.3) is 0 Å². The molecule has 0 saturated carbocycles. The number of carboxylic acids is 1. The minimum atomic E-state index is -0.947. The van der Waals surface area contributed by atoms with E-state index in [4.69, 9.17) is 9.84 Å². The summed E-state index contributed by atoms with van der Waals surface area (Å²) in [5.41, 5.74) is 0. The van der Waals surface area contributed by atoms with Crippen LogP contribution in [0.25, 0.3) is 0 Å². The van der Waals surface area contributed by atoms with Crippen LogP contribution >= 0.6 is 0 Å². The molecule has 0 spiro atoms. The summed E-state index contributed by atoms with van der Waals surface area (Å²) >= 11 is 0. The zero-order chi connectivity index (χ0) is 10.6. The molecule has 1 amide bonds. The molecule has 1 atom stereocenters. The standard InChI is InChI=1S/C9H15NO4/c1-2-14-9(13)10-6-4-3-5-7(10)8(11)12/h7H,2-6H2,1H3,(H,11,12). The van der Waals surface area contributed by atoms with E-state index in [1.54, 1.807) is 6.92 Å². The fourth-order valence-electron chi connectivity index (χ4n) is 1.61. The molecule has 5 nitrogen and oxygen atoms in total. The lowest BCUT2D eigenvalue weighted by Crippen LogP contribution is -2.48. The first-order chi connectivity index (χ1) is 6.66. The molecule has 1 fully saturated rings. The lowest BCUT2D eigenvalue weighted by Gasteiger charge is -2.31. The normalized spacial score (nSPS) is 21.8. The van der Waals surface area contributed by atoms with Crippen LogP contribution in [0.3, 0.4) is 0 Å². The maximum Gasteiger partial charge on any atom is 0.410 e. The van der Waals surface area contributed by atoms with Gasteiger partial charge in [-0.15, -0.1) is 0 Å². The van der Waals surface area contributed by atoms with Crippen LogP contribution < -0.4 is 0 Å². The third kappa shape index (κ3) is 2.37. The highest BCUT2D eigenvalue weighted by Crippen LogP contribution is 2.17. The largest absolute Gasteiger partial charge is 0.480 e. The van der Waals surface area contributed by atoms with E-state index in [0.717, 1.165) is 12.8 Å². The van der Waals surface area contributed by atoms with Crippen molar-refractivity contribution >= 4 is 12.1 Å². The number of hydrogen-bond acceptors (Lipinski definition) is 3. The Labute approximate surface area is 82.6 Å². The van der Waals surface area contributed by atoms with Gasteiger partial charge in [-0.05, 0) is 26.2 Å². The first kappa shape index (κ1) is 10.8. The Morgan fingerprint density at radius 2 is 2.21 bits per heavy atom. The molecular formula is C9H15NO4. The number of likely N-dealkylation sites (tertiary alicyclic amines) is 1. The molecule has 1 aliphatic rings. The third-order valence-electron chi connectivity index (χ3n) is 2.29. The van der Waals surface area contributed by atoms with Crippen molar-refractivity contribution in [2.75, 3.05) is 13.2 Å². The van der Waals surface area contributed by atoms with Crippen molar-refractivity contribution in [1.82, 2.24) is 4.90 Å². The van der Waals surface area contributed by atoms with E-state index in [1.807, 2.05) is 0 Å². The van der Waals surface area contributed by atoms with Gasteiger partial charge < -0.3 is 9.84 Å². The molecule has 1 saturated heterocycles. The summed E-state index contributed by atoms with van der Waals surface area (Å²) in [7, 11) is 0. The molecule has 1 unspecified atom stereocenters. The Bertz CT molecular complexity index is 229. The molecular weight excluding hydrogens is 186 g/mol. The van der Waals surface area contributed by atoms with Crippen LogP contribution in [-0.2, 0) is 9.53 Å². The number of hydrogen-bond donors (Lipinski definition) is 1. The van der Waals surface area contributed by atoms with Crippen molar-refractivity contribution in [2.24, 2.45) is 0 Å². The average Bonchev–Trinajstić information content (AvgIpc) is 2.18. The molecule has 0 aliphatic carbocycles. The van der Waals surface area contributed by atoms with Gasteiger partial charge in [-0.2, -0.15) is 0 Å². The summed E-state index contributed by atoms with van der Waals surface area (Å²) in [5.74, 6) is -0.947. The predicted octanol–water partition coefficient (Wildman–Crippen LogP) is 1.08. The topological polar surface area (TPSA) is 66.8 Å². The second-order valence-electron chi connectivity index (χ2n) is 3.24. The van der Waals surface area contributed by atoms with Gasteiger partial charge in [0.05, 0.1) is 6.61 Å². The van der Waals surface area contributed by atoms with Gasteiger partial charge in [0, 0.05) is 6.54 Å². The maximum absolute atomic E-state index is 11.4. The first-order valence-corrected chi connectivity index (χ1v) is 4.83. The number of rotatable bonds is 2. The quantitative estimate of drug-likeness (QED) is 0.726. The molecule has 0 aromatic carbocycles. The van der Waals surface area contributed by atoms with E-state index in [-0.39, 0.29) is 6.61 Å². The van der Waals surface area contributed by atoms with Gasteiger partial charge in [-0.3, -0.25) is 4.90 Å². The molecule has 0 aromatic rings. The Morgan fingerprint density at radius 3 is 2.79 bits per heavy atom. The number of carbonyl (C=O) groups excluding carboxylic acids is 1. The van der Waals surface area contributed by atoms with E-state index >= 15 is 0 Å². The van der Waals surface area contributed by atoms with Gasteiger partial charge in [-0.25, -0.2) is 9.59 Å². The fourth-order valence-corrected chi connectivity index (χ4v) is 1.61. The van der Waals surface area contributed by atoms with Crippen LogP contribution in [0.1, 0.15) is 26.2 Å². The Balaban J connectivity index is 2.62. The van der Waals surface area contributed by atoms with Crippen molar-refractivity contribution in [2.45, 2.75) is 32.2 Å². The Morgan fingerprint density at radius 1 is 1.50 bits per heavy atom. The molecule has 0 radical (unpaired) electrons. The number of piperidine rings is 1. The van der Waals surface area contributed by atoms with Gasteiger partial charge >= 0.3 is 12.1 Å². The number of carbonyl (C=O) groups is 2. The summed E-state index contributed by atoms with van der Waals surface area (Å²) < 4.78 is 4.79. The van der Waals surface area contributed by atoms with Gasteiger partial charge in [0.1, 0.15) is 6.04 Å². The van der Waals surface area contributed by atoms with Crippen LogP contribution in [0.15, 0.2) is 0 Å². The summed E-state index contributed by atoms with van der Waals surface area (Å²) in [6, 6.07) is -0.706. The molecule has 1 aliphatic heterocycles. The molecule has 14 heavy (non-hydrogen) atoms. The summed E-state index contributed by atoms with van der Waals surface area (Å²) in [6.07, 6.45) is 1.71. The van der Waals surface area contributed by atoms with Crippen LogP contribution in [-0.4, -0.2) is 41.3 Å². The SMILES string of the molecule is CCOC(=O)N1CCCCC1C(=O)O. The number of nitrogens with zero attached hydrogens (tertiary/aromatic N) is 1. The van der Waals surface area contributed by atoms with Crippen molar-refractivity contribution in [1.29, 1.82) is 0 Å². The molecule has 1 heterocycles. The minimum absolute atomic E-state index is 0.279. The minimum Gasteiger partial charge on any atom is -0.480 e. The van der Waals surface area contributed by atoms with Crippen LogP contribution in [0.2, 0.25) is 0 Å². The van der Waals surface area contributed by atoms with E-state index in [0.29, 0.717) is 13.0 Å². The lowest BCUT2D eigenvalue weighted by atomic mass is 10.0. The number of amides is 1. The number of aliphatic carboxylic acids is 1. The van der Waals surface area contributed by atoms with Crippen molar-refractivity contribution in [3.8, 4) is 0 Å². The molecule has 5 heteroatoms. The van der Waals surface area contributed by atoms with Crippen molar-refractivity contribution in [3.05, 3.63) is 0 Å².